The number of nitrogens with zero attached hydrogens (tertiary/aromatic N) is 1. The summed E-state index contributed by atoms with van der Waals surface area (Å²) in [6.07, 6.45) is 4.50. The Morgan fingerprint density at radius 1 is 0.788 bits per heavy atom. The molecule has 1 fully saturated rings. The van der Waals surface area contributed by atoms with Crippen molar-refractivity contribution in [3.63, 3.8) is 0 Å². The molecular formula is C26H34N4O3. The second-order valence-corrected chi connectivity index (χ2v) is 9.47. The van der Waals surface area contributed by atoms with Gasteiger partial charge < -0.3 is 20.9 Å². The molecule has 1 saturated heterocycles. The summed E-state index contributed by atoms with van der Waals surface area (Å²) in [5.41, 5.74) is 2.28. The van der Waals surface area contributed by atoms with Crippen LogP contribution in [0.1, 0.15) is 67.2 Å². The monoisotopic (exact) mass is 450 g/mol. The SMILES string of the molecule is CC(C)(C)NC(=O)c1ccc(NC(=O)CNc2ccc(C(=O)N3CCCCCC3)cc2)cc1. The third-order valence-corrected chi connectivity index (χ3v) is 5.40. The fraction of sp³-hybridized carbons (Fsp3) is 0.423. The minimum atomic E-state index is -0.311. The first-order chi connectivity index (χ1) is 15.7. The normalized spacial score (nSPS) is 14.2. The number of hydrogen-bond acceptors (Lipinski definition) is 4. The predicted octanol–water partition coefficient (Wildman–Crippen LogP) is 4.28. The smallest absolute Gasteiger partial charge is 0.253 e. The molecule has 2 aromatic rings. The highest BCUT2D eigenvalue weighted by molar-refractivity contribution is 5.97. The quantitative estimate of drug-likeness (QED) is 0.613. The molecule has 0 unspecified atom stereocenters. The zero-order chi connectivity index (χ0) is 23.8. The molecule has 3 rings (SSSR count). The summed E-state index contributed by atoms with van der Waals surface area (Å²) < 4.78 is 0. The molecule has 0 bridgehead atoms. The molecule has 176 valence electrons. The van der Waals surface area contributed by atoms with Crippen molar-refractivity contribution in [3.8, 4) is 0 Å². The van der Waals surface area contributed by atoms with Gasteiger partial charge in [0.15, 0.2) is 0 Å². The molecule has 3 N–H and O–H groups in total. The van der Waals surface area contributed by atoms with E-state index in [0.717, 1.165) is 31.6 Å². The standard InChI is InChI=1S/C26H34N4O3/c1-26(2,3)29-24(32)19-8-14-22(15-9-19)28-23(31)18-27-21-12-10-20(11-13-21)25(33)30-16-6-4-5-7-17-30/h8-15,27H,4-7,16-18H2,1-3H3,(H,28,31)(H,29,32). The van der Waals surface area contributed by atoms with Crippen molar-refractivity contribution in [1.82, 2.24) is 10.2 Å². The zero-order valence-corrected chi connectivity index (χ0v) is 19.7. The lowest BCUT2D eigenvalue weighted by Crippen LogP contribution is -2.40. The summed E-state index contributed by atoms with van der Waals surface area (Å²) in [5, 5.41) is 8.79. The van der Waals surface area contributed by atoms with E-state index in [-0.39, 0.29) is 29.8 Å². The van der Waals surface area contributed by atoms with Crippen LogP contribution in [0, 0.1) is 0 Å². The first-order valence-electron chi connectivity index (χ1n) is 11.6. The Labute approximate surface area is 195 Å². The van der Waals surface area contributed by atoms with Gasteiger partial charge in [-0.15, -0.1) is 0 Å². The van der Waals surface area contributed by atoms with Crippen LogP contribution in [0.5, 0.6) is 0 Å². The molecule has 0 atom stereocenters. The molecule has 0 radical (unpaired) electrons. The summed E-state index contributed by atoms with van der Waals surface area (Å²) in [4.78, 5) is 39.1. The topological polar surface area (TPSA) is 90.5 Å². The van der Waals surface area contributed by atoms with Gasteiger partial charge >= 0.3 is 0 Å². The maximum Gasteiger partial charge on any atom is 0.253 e. The number of anilines is 2. The highest BCUT2D eigenvalue weighted by Crippen LogP contribution is 2.16. The lowest BCUT2D eigenvalue weighted by Gasteiger charge is -2.20. The van der Waals surface area contributed by atoms with Crippen LogP contribution in [0.3, 0.4) is 0 Å². The minimum Gasteiger partial charge on any atom is -0.376 e. The van der Waals surface area contributed by atoms with Crippen LogP contribution in [0.2, 0.25) is 0 Å². The number of rotatable bonds is 6. The highest BCUT2D eigenvalue weighted by atomic mass is 16.2. The van der Waals surface area contributed by atoms with Gasteiger partial charge in [-0.2, -0.15) is 0 Å². The molecule has 0 aliphatic carbocycles. The number of benzene rings is 2. The molecule has 1 aliphatic heterocycles. The van der Waals surface area contributed by atoms with Gasteiger partial charge in [0.1, 0.15) is 0 Å². The minimum absolute atomic E-state index is 0.0702. The summed E-state index contributed by atoms with van der Waals surface area (Å²) in [5.74, 6) is -0.285. The van der Waals surface area contributed by atoms with Crippen molar-refractivity contribution >= 4 is 29.1 Å². The zero-order valence-electron chi connectivity index (χ0n) is 19.7. The Morgan fingerprint density at radius 3 is 1.91 bits per heavy atom. The Balaban J connectivity index is 1.47. The van der Waals surface area contributed by atoms with Crippen LogP contribution in [-0.4, -0.2) is 47.8 Å². The van der Waals surface area contributed by atoms with E-state index < -0.39 is 0 Å². The second-order valence-electron chi connectivity index (χ2n) is 9.47. The molecule has 0 spiro atoms. The van der Waals surface area contributed by atoms with Crippen LogP contribution >= 0.6 is 0 Å². The molecule has 7 heteroatoms. The van der Waals surface area contributed by atoms with Crippen molar-refractivity contribution in [2.75, 3.05) is 30.3 Å². The summed E-state index contributed by atoms with van der Waals surface area (Å²) in [6.45, 7) is 7.50. The van der Waals surface area contributed by atoms with E-state index in [0.29, 0.717) is 16.8 Å². The predicted molar refractivity (Wildman–Crippen MR) is 132 cm³/mol. The third kappa shape index (κ3) is 7.63. The van der Waals surface area contributed by atoms with Crippen molar-refractivity contribution in [2.45, 2.75) is 52.0 Å². The number of amides is 3. The Bertz CT molecular complexity index is 955. The van der Waals surface area contributed by atoms with Crippen molar-refractivity contribution < 1.29 is 14.4 Å². The van der Waals surface area contributed by atoms with E-state index in [9.17, 15) is 14.4 Å². The van der Waals surface area contributed by atoms with Crippen LogP contribution in [-0.2, 0) is 4.79 Å². The van der Waals surface area contributed by atoms with E-state index in [1.54, 1.807) is 36.4 Å². The first-order valence-corrected chi connectivity index (χ1v) is 11.6. The Hall–Kier alpha value is -3.35. The molecule has 33 heavy (non-hydrogen) atoms. The van der Waals surface area contributed by atoms with E-state index in [1.807, 2.05) is 37.8 Å². The van der Waals surface area contributed by atoms with Gasteiger partial charge in [0.2, 0.25) is 5.91 Å². The fourth-order valence-electron chi connectivity index (χ4n) is 3.69. The maximum atomic E-state index is 12.7. The molecule has 3 amide bonds. The van der Waals surface area contributed by atoms with Crippen molar-refractivity contribution in [3.05, 3.63) is 59.7 Å². The molecule has 0 aromatic heterocycles. The molecule has 2 aromatic carbocycles. The van der Waals surface area contributed by atoms with Crippen molar-refractivity contribution in [1.29, 1.82) is 0 Å². The van der Waals surface area contributed by atoms with E-state index in [1.165, 1.54) is 12.8 Å². The van der Waals surface area contributed by atoms with Crippen molar-refractivity contribution in [2.24, 2.45) is 0 Å². The van der Waals surface area contributed by atoms with Crippen LogP contribution < -0.4 is 16.0 Å². The second kappa shape index (κ2) is 11.0. The van der Waals surface area contributed by atoms with Gasteiger partial charge in [-0.1, -0.05) is 12.8 Å². The molecule has 1 heterocycles. The fourth-order valence-corrected chi connectivity index (χ4v) is 3.69. The van der Waals surface area contributed by atoms with E-state index >= 15 is 0 Å². The number of hydrogen-bond donors (Lipinski definition) is 3. The summed E-state index contributed by atoms with van der Waals surface area (Å²) in [6, 6.07) is 14.0. The van der Waals surface area contributed by atoms with Gasteiger partial charge in [-0.3, -0.25) is 14.4 Å². The van der Waals surface area contributed by atoms with Gasteiger partial charge in [0.25, 0.3) is 11.8 Å². The maximum absolute atomic E-state index is 12.7. The first kappa shape index (κ1) is 24.3. The van der Waals surface area contributed by atoms with Gasteiger partial charge in [0.05, 0.1) is 6.54 Å². The van der Waals surface area contributed by atoms with E-state index in [2.05, 4.69) is 16.0 Å². The number of carbonyl (C=O) groups is 3. The molecule has 0 saturated carbocycles. The number of carbonyl (C=O) groups excluding carboxylic acids is 3. The van der Waals surface area contributed by atoms with E-state index in [4.69, 9.17) is 0 Å². The average molecular weight is 451 g/mol. The molecule has 1 aliphatic rings. The molecule has 7 nitrogen and oxygen atoms in total. The Morgan fingerprint density at radius 2 is 1.33 bits per heavy atom. The summed E-state index contributed by atoms with van der Waals surface area (Å²) in [7, 11) is 0. The van der Waals surface area contributed by atoms with Crippen LogP contribution in [0.4, 0.5) is 11.4 Å². The largest absolute Gasteiger partial charge is 0.376 e. The van der Waals surface area contributed by atoms with Gasteiger partial charge in [-0.05, 0) is 82.1 Å². The van der Waals surface area contributed by atoms with Gasteiger partial charge in [-0.25, -0.2) is 0 Å². The lowest BCUT2D eigenvalue weighted by molar-refractivity contribution is -0.114. The molecular weight excluding hydrogens is 416 g/mol. The average Bonchev–Trinajstić information content (AvgIpc) is 3.06. The van der Waals surface area contributed by atoms with Crippen LogP contribution in [0.15, 0.2) is 48.5 Å². The number of nitrogens with one attached hydrogen (secondary N) is 3. The number of likely N-dealkylation sites (tertiary alicyclic amines) is 1. The highest BCUT2D eigenvalue weighted by Gasteiger charge is 2.17. The van der Waals surface area contributed by atoms with Gasteiger partial charge in [0, 0.05) is 41.1 Å². The third-order valence-electron chi connectivity index (χ3n) is 5.40. The lowest BCUT2D eigenvalue weighted by atomic mass is 10.1. The summed E-state index contributed by atoms with van der Waals surface area (Å²) >= 11 is 0. The van der Waals surface area contributed by atoms with Crippen LogP contribution in [0.25, 0.3) is 0 Å². The Kier molecular flexibility index (Phi) is 8.09.